The summed E-state index contributed by atoms with van der Waals surface area (Å²) < 4.78 is 1.70. The van der Waals surface area contributed by atoms with Gasteiger partial charge in [-0.25, -0.2) is 9.48 Å². The highest BCUT2D eigenvalue weighted by Gasteiger charge is 2.29. The van der Waals surface area contributed by atoms with E-state index >= 15 is 0 Å². The lowest BCUT2D eigenvalue weighted by molar-refractivity contribution is -0.129. The van der Waals surface area contributed by atoms with E-state index in [1.54, 1.807) is 36.7 Å². The smallest absolute Gasteiger partial charge is 0.339 e. The van der Waals surface area contributed by atoms with E-state index in [2.05, 4.69) is 5.10 Å². The first-order chi connectivity index (χ1) is 16.3. The van der Waals surface area contributed by atoms with E-state index in [9.17, 15) is 19.5 Å². The van der Waals surface area contributed by atoms with Crippen molar-refractivity contribution in [2.24, 2.45) is 0 Å². The van der Waals surface area contributed by atoms with Gasteiger partial charge in [-0.15, -0.1) is 0 Å². The van der Waals surface area contributed by atoms with Gasteiger partial charge in [0.1, 0.15) is 5.56 Å². The molecule has 8 heteroatoms. The second kappa shape index (κ2) is 9.51. The number of likely N-dealkylation sites (tertiary alicyclic amines) is 1. The number of nitrogens with zero attached hydrogens (tertiary/aromatic N) is 4. The van der Waals surface area contributed by atoms with Gasteiger partial charge in [-0.1, -0.05) is 24.3 Å². The van der Waals surface area contributed by atoms with E-state index in [1.807, 2.05) is 42.5 Å². The highest BCUT2D eigenvalue weighted by atomic mass is 16.4. The van der Waals surface area contributed by atoms with Crippen LogP contribution in [0.1, 0.15) is 52.1 Å². The number of hydrogen-bond donors (Lipinski definition) is 1. The number of carboxylic acid groups (broad SMARTS) is 1. The van der Waals surface area contributed by atoms with Crippen molar-refractivity contribution in [3.63, 3.8) is 0 Å². The Morgan fingerprint density at radius 2 is 1.65 bits per heavy atom. The molecule has 0 unspecified atom stereocenters. The van der Waals surface area contributed by atoms with Crippen LogP contribution in [0.15, 0.2) is 54.7 Å². The highest BCUT2D eigenvalue weighted by molar-refractivity contribution is 5.95. The fourth-order valence-corrected chi connectivity index (χ4v) is 4.50. The summed E-state index contributed by atoms with van der Waals surface area (Å²) in [5.41, 5.74) is 3.97. The summed E-state index contributed by atoms with van der Waals surface area (Å²) in [5, 5.41) is 14.2. The third-order valence-electron chi connectivity index (χ3n) is 6.30. The van der Waals surface area contributed by atoms with Crippen molar-refractivity contribution in [2.45, 2.75) is 25.7 Å². The first kappa shape index (κ1) is 23.2. The Hall–Kier alpha value is -3.94. The molecule has 0 radical (unpaired) electrons. The number of carbonyl (C=O) groups is 3. The molecule has 4 rings (SSSR count). The van der Waals surface area contributed by atoms with Crippen molar-refractivity contribution in [3.05, 3.63) is 71.5 Å². The molecule has 0 bridgehead atoms. The van der Waals surface area contributed by atoms with Crippen LogP contribution in [0.5, 0.6) is 0 Å². The molecule has 1 aliphatic rings. The van der Waals surface area contributed by atoms with Gasteiger partial charge in [0.15, 0.2) is 0 Å². The van der Waals surface area contributed by atoms with Crippen LogP contribution in [0.25, 0.3) is 16.8 Å². The zero-order valence-corrected chi connectivity index (χ0v) is 19.6. The number of benzene rings is 2. The Morgan fingerprint density at radius 3 is 2.26 bits per heavy atom. The molecule has 1 N–H and O–H groups in total. The number of amides is 2. The fraction of sp³-hybridized carbons (Fsp3) is 0.308. The maximum atomic E-state index is 12.4. The molecule has 34 heavy (non-hydrogen) atoms. The standard InChI is InChI=1S/C26H28N4O4/c1-17(31)29-12-10-18(11-13-29)24-23(26(33)34)16-27-30(24)22-9-5-7-20(15-22)19-6-4-8-21(14-19)25(32)28(2)3/h4-9,14-16,18H,10-13H2,1-3H3,(H,33,34). The van der Waals surface area contributed by atoms with Gasteiger partial charge in [0, 0.05) is 45.6 Å². The van der Waals surface area contributed by atoms with Crippen LogP contribution in [0, 0.1) is 0 Å². The molecule has 1 fully saturated rings. The molecule has 0 atom stereocenters. The van der Waals surface area contributed by atoms with Crippen LogP contribution in [0.4, 0.5) is 0 Å². The zero-order chi connectivity index (χ0) is 24.4. The van der Waals surface area contributed by atoms with Gasteiger partial charge in [0.05, 0.1) is 17.6 Å². The van der Waals surface area contributed by atoms with E-state index in [0.717, 1.165) is 16.8 Å². The van der Waals surface area contributed by atoms with Crippen molar-refractivity contribution in [3.8, 4) is 16.8 Å². The Labute approximate surface area is 198 Å². The highest BCUT2D eigenvalue weighted by Crippen LogP contribution is 2.33. The minimum Gasteiger partial charge on any atom is -0.478 e. The van der Waals surface area contributed by atoms with Crippen molar-refractivity contribution in [1.29, 1.82) is 0 Å². The van der Waals surface area contributed by atoms with E-state index < -0.39 is 5.97 Å². The molecular formula is C26H28N4O4. The topological polar surface area (TPSA) is 95.7 Å². The molecule has 2 aromatic carbocycles. The summed E-state index contributed by atoms with van der Waals surface area (Å²) in [4.78, 5) is 39.4. The number of carbonyl (C=O) groups excluding carboxylic acids is 2. The Balaban J connectivity index is 1.71. The Bertz CT molecular complexity index is 1240. The molecule has 2 amide bonds. The molecule has 1 saturated heterocycles. The van der Waals surface area contributed by atoms with Crippen LogP contribution in [0.2, 0.25) is 0 Å². The monoisotopic (exact) mass is 460 g/mol. The van der Waals surface area contributed by atoms with Gasteiger partial charge < -0.3 is 14.9 Å². The molecule has 0 aliphatic carbocycles. The third kappa shape index (κ3) is 4.57. The van der Waals surface area contributed by atoms with Gasteiger partial charge in [0.25, 0.3) is 5.91 Å². The summed E-state index contributed by atoms with van der Waals surface area (Å²) >= 11 is 0. The van der Waals surface area contributed by atoms with Gasteiger partial charge in [-0.05, 0) is 48.2 Å². The molecule has 2 heterocycles. The SMILES string of the molecule is CC(=O)N1CCC(c2c(C(=O)O)cnn2-c2cccc(-c3cccc(C(=O)N(C)C)c3)c2)CC1. The number of carboxylic acids is 1. The quantitative estimate of drug-likeness (QED) is 0.627. The van der Waals surface area contributed by atoms with Crippen molar-refractivity contribution in [1.82, 2.24) is 19.6 Å². The molecule has 3 aromatic rings. The minimum atomic E-state index is -1.01. The largest absolute Gasteiger partial charge is 0.478 e. The Kier molecular flexibility index (Phi) is 6.49. The first-order valence-corrected chi connectivity index (χ1v) is 11.3. The summed E-state index contributed by atoms with van der Waals surface area (Å²) in [5.74, 6) is -1.07. The molecule has 176 valence electrons. The maximum absolute atomic E-state index is 12.4. The third-order valence-corrected chi connectivity index (χ3v) is 6.30. The summed E-state index contributed by atoms with van der Waals surface area (Å²) in [7, 11) is 3.44. The Morgan fingerprint density at radius 1 is 1.00 bits per heavy atom. The molecule has 1 aromatic heterocycles. The van der Waals surface area contributed by atoms with E-state index in [1.165, 1.54) is 11.1 Å². The average molecular weight is 461 g/mol. The van der Waals surface area contributed by atoms with E-state index in [-0.39, 0.29) is 23.3 Å². The van der Waals surface area contributed by atoms with E-state index in [4.69, 9.17) is 0 Å². The number of aromatic nitrogens is 2. The van der Waals surface area contributed by atoms with Crippen LogP contribution in [0.3, 0.4) is 0 Å². The molecule has 8 nitrogen and oxygen atoms in total. The molecule has 1 aliphatic heterocycles. The molecule has 0 saturated carbocycles. The summed E-state index contributed by atoms with van der Waals surface area (Å²) in [6, 6.07) is 15.1. The first-order valence-electron chi connectivity index (χ1n) is 11.3. The fourth-order valence-electron chi connectivity index (χ4n) is 4.50. The van der Waals surface area contributed by atoms with Gasteiger partial charge >= 0.3 is 5.97 Å². The van der Waals surface area contributed by atoms with Crippen molar-refractivity contribution in [2.75, 3.05) is 27.2 Å². The maximum Gasteiger partial charge on any atom is 0.339 e. The second-order valence-corrected chi connectivity index (χ2v) is 8.77. The molecule has 0 spiro atoms. The lowest BCUT2D eigenvalue weighted by atomic mass is 9.91. The van der Waals surface area contributed by atoms with Gasteiger partial charge in [-0.2, -0.15) is 5.10 Å². The van der Waals surface area contributed by atoms with Crippen LogP contribution in [-0.2, 0) is 4.79 Å². The van der Waals surface area contributed by atoms with E-state index in [0.29, 0.717) is 37.2 Å². The average Bonchev–Trinajstić information content (AvgIpc) is 3.29. The normalized spacial score (nSPS) is 14.1. The summed E-state index contributed by atoms with van der Waals surface area (Å²) in [6.07, 6.45) is 2.76. The number of rotatable bonds is 5. The van der Waals surface area contributed by atoms with Crippen molar-refractivity contribution < 1.29 is 19.5 Å². The second-order valence-electron chi connectivity index (χ2n) is 8.77. The van der Waals surface area contributed by atoms with Crippen LogP contribution >= 0.6 is 0 Å². The summed E-state index contributed by atoms with van der Waals surface area (Å²) in [6.45, 7) is 2.74. The van der Waals surface area contributed by atoms with Crippen LogP contribution < -0.4 is 0 Å². The number of hydrogen-bond acceptors (Lipinski definition) is 4. The number of aromatic carboxylic acids is 1. The van der Waals surface area contributed by atoms with Gasteiger partial charge in [0.2, 0.25) is 5.91 Å². The lowest BCUT2D eigenvalue weighted by Crippen LogP contribution is -2.37. The number of piperidine rings is 1. The van der Waals surface area contributed by atoms with Crippen molar-refractivity contribution >= 4 is 17.8 Å². The predicted molar refractivity (Wildman–Crippen MR) is 128 cm³/mol. The zero-order valence-electron chi connectivity index (χ0n) is 19.6. The van der Waals surface area contributed by atoms with Crippen LogP contribution in [-0.4, -0.2) is 69.7 Å². The van der Waals surface area contributed by atoms with Gasteiger partial charge in [-0.3, -0.25) is 9.59 Å². The molecular weight excluding hydrogens is 432 g/mol. The predicted octanol–water partition coefficient (Wildman–Crippen LogP) is 3.67. The lowest BCUT2D eigenvalue weighted by Gasteiger charge is -2.31. The minimum absolute atomic E-state index is 0.0195.